The summed E-state index contributed by atoms with van der Waals surface area (Å²) in [5.41, 5.74) is 3.12. The number of benzene rings is 1. The molecule has 2 N–H and O–H groups in total. The van der Waals surface area contributed by atoms with Crippen molar-refractivity contribution in [2.75, 3.05) is 20.3 Å². The van der Waals surface area contributed by atoms with Crippen molar-refractivity contribution in [1.29, 1.82) is 0 Å². The quantitative estimate of drug-likeness (QED) is 0.269. The summed E-state index contributed by atoms with van der Waals surface area (Å²) < 4.78 is 16.7. The van der Waals surface area contributed by atoms with E-state index in [0.29, 0.717) is 38.1 Å². The first kappa shape index (κ1) is 23.1. The molecule has 3 aromatic rings. The lowest BCUT2D eigenvalue weighted by Crippen LogP contribution is -2.36. The zero-order valence-electron chi connectivity index (χ0n) is 18.9. The molecule has 2 aromatic heterocycles. The molecule has 0 amide bonds. The highest BCUT2D eigenvalue weighted by Crippen LogP contribution is 2.15. The van der Waals surface area contributed by atoms with Crippen molar-refractivity contribution >= 4 is 5.96 Å². The molecule has 2 heterocycles. The summed E-state index contributed by atoms with van der Waals surface area (Å²) in [6, 6.07) is 13.5. The number of nitrogens with one attached hydrogen (secondary N) is 2. The summed E-state index contributed by atoms with van der Waals surface area (Å²) in [7, 11) is 1.75. The number of aromatic nitrogens is 2. The van der Waals surface area contributed by atoms with Crippen LogP contribution >= 0.6 is 0 Å². The Morgan fingerprint density at radius 1 is 0.969 bits per heavy atom. The largest absolute Gasteiger partial charge is 0.490 e. The molecule has 0 aliphatic carbocycles. The lowest BCUT2D eigenvalue weighted by Gasteiger charge is -2.12. The van der Waals surface area contributed by atoms with Gasteiger partial charge in [-0.05, 0) is 24.1 Å². The molecule has 8 nitrogen and oxygen atoms in total. The van der Waals surface area contributed by atoms with Gasteiger partial charge in [0.15, 0.2) is 5.96 Å². The van der Waals surface area contributed by atoms with Crippen molar-refractivity contribution in [3.8, 4) is 11.6 Å². The van der Waals surface area contributed by atoms with E-state index < -0.39 is 0 Å². The lowest BCUT2D eigenvalue weighted by atomic mass is 10.1. The van der Waals surface area contributed by atoms with E-state index in [1.165, 1.54) is 0 Å². The molecule has 0 radical (unpaired) electrons. The van der Waals surface area contributed by atoms with E-state index in [1.807, 2.05) is 42.5 Å². The van der Waals surface area contributed by atoms with Crippen LogP contribution < -0.4 is 20.1 Å². The highest BCUT2D eigenvalue weighted by Gasteiger charge is 2.13. The van der Waals surface area contributed by atoms with Crippen LogP contribution in [0.15, 0.2) is 58.2 Å². The molecule has 0 bridgehead atoms. The van der Waals surface area contributed by atoms with Crippen LogP contribution in [0.4, 0.5) is 0 Å². The van der Waals surface area contributed by atoms with E-state index in [-0.39, 0.29) is 0 Å². The summed E-state index contributed by atoms with van der Waals surface area (Å²) in [6.07, 6.45) is 3.44. The van der Waals surface area contributed by atoms with E-state index in [1.54, 1.807) is 13.2 Å². The number of para-hydroxylation sites is 1. The fraction of sp³-hybridized carbons (Fsp3) is 0.375. The third kappa shape index (κ3) is 6.73. The summed E-state index contributed by atoms with van der Waals surface area (Å²) >= 11 is 0. The molecule has 8 heteroatoms. The molecule has 0 aliphatic rings. The number of aryl methyl sites for hydroxylation is 2. The Hall–Kier alpha value is -3.55. The van der Waals surface area contributed by atoms with Crippen LogP contribution in [0.2, 0.25) is 0 Å². The summed E-state index contributed by atoms with van der Waals surface area (Å²) in [5, 5.41) is 10.8. The maximum atomic E-state index is 5.65. The second-order valence-electron chi connectivity index (χ2n) is 7.03. The minimum atomic E-state index is 0.429. The first-order valence-corrected chi connectivity index (χ1v) is 10.9. The Morgan fingerprint density at radius 2 is 1.75 bits per heavy atom. The Bertz CT molecular complexity index is 950. The second-order valence-corrected chi connectivity index (χ2v) is 7.03. The molecule has 170 valence electrons. The summed E-state index contributed by atoms with van der Waals surface area (Å²) in [6.45, 7) is 6.24. The van der Waals surface area contributed by atoms with Crippen molar-refractivity contribution < 1.29 is 14.0 Å². The van der Waals surface area contributed by atoms with Crippen molar-refractivity contribution in [1.82, 2.24) is 20.8 Å². The standard InChI is InChI=1S/C24H31N5O3/c1-4-21-20(22(5-2)32-29-21)17-28-24(25-3)27-16-18-11-12-23(26-15-18)31-14-13-30-19-9-7-6-8-10-19/h6-12,15H,4-5,13-14,16-17H2,1-3H3,(H2,25,27,28). The van der Waals surface area contributed by atoms with Crippen LogP contribution in [-0.2, 0) is 25.9 Å². The molecule has 0 atom stereocenters. The number of rotatable bonds is 11. The minimum absolute atomic E-state index is 0.429. The van der Waals surface area contributed by atoms with E-state index >= 15 is 0 Å². The van der Waals surface area contributed by atoms with Gasteiger partial charge in [-0.3, -0.25) is 4.99 Å². The van der Waals surface area contributed by atoms with Gasteiger partial charge in [-0.2, -0.15) is 0 Å². The molecule has 1 aromatic carbocycles. The third-order valence-corrected chi connectivity index (χ3v) is 4.87. The fourth-order valence-corrected chi connectivity index (χ4v) is 3.14. The monoisotopic (exact) mass is 437 g/mol. The van der Waals surface area contributed by atoms with Crippen LogP contribution in [0.1, 0.15) is 36.4 Å². The highest BCUT2D eigenvalue weighted by atomic mass is 16.5. The Labute approximate surface area is 189 Å². The topological polar surface area (TPSA) is 93.8 Å². The predicted molar refractivity (Wildman–Crippen MR) is 124 cm³/mol. The van der Waals surface area contributed by atoms with Gasteiger partial charge in [-0.1, -0.05) is 43.3 Å². The smallest absolute Gasteiger partial charge is 0.213 e. The van der Waals surface area contributed by atoms with Gasteiger partial charge < -0.3 is 24.6 Å². The van der Waals surface area contributed by atoms with E-state index in [9.17, 15) is 0 Å². The summed E-state index contributed by atoms with van der Waals surface area (Å²) in [4.78, 5) is 8.65. The Kier molecular flexibility index (Phi) is 8.92. The van der Waals surface area contributed by atoms with Crippen LogP contribution in [-0.4, -0.2) is 36.4 Å². The average molecular weight is 438 g/mol. The Morgan fingerprint density at radius 3 is 2.44 bits per heavy atom. The zero-order chi connectivity index (χ0) is 22.6. The fourth-order valence-electron chi connectivity index (χ4n) is 3.14. The van der Waals surface area contributed by atoms with Gasteiger partial charge in [0.2, 0.25) is 5.88 Å². The van der Waals surface area contributed by atoms with Crippen molar-refractivity contribution in [2.24, 2.45) is 4.99 Å². The van der Waals surface area contributed by atoms with Gasteiger partial charge in [0, 0.05) is 44.4 Å². The van der Waals surface area contributed by atoms with E-state index in [4.69, 9.17) is 14.0 Å². The molecule has 0 spiro atoms. The number of pyridine rings is 1. The number of hydrogen-bond acceptors (Lipinski definition) is 6. The average Bonchev–Trinajstić information content (AvgIpc) is 3.25. The molecule has 0 aliphatic heterocycles. The number of guanidine groups is 1. The van der Waals surface area contributed by atoms with Crippen LogP contribution in [0.25, 0.3) is 0 Å². The molecule has 0 saturated carbocycles. The molecule has 32 heavy (non-hydrogen) atoms. The van der Waals surface area contributed by atoms with Gasteiger partial charge in [-0.25, -0.2) is 4.98 Å². The predicted octanol–water partition coefficient (Wildman–Crippen LogP) is 3.52. The number of nitrogens with zero attached hydrogens (tertiary/aromatic N) is 3. The van der Waals surface area contributed by atoms with Gasteiger partial charge in [0.25, 0.3) is 0 Å². The zero-order valence-corrected chi connectivity index (χ0v) is 18.9. The molecule has 0 unspecified atom stereocenters. The van der Waals surface area contributed by atoms with Crippen molar-refractivity contribution in [3.63, 3.8) is 0 Å². The molecule has 0 saturated heterocycles. The maximum Gasteiger partial charge on any atom is 0.213 e. The number of aliphatic imine (C=N–C) groups is 1. The van der Waals surface area contributed by atoms with Gasteiger partial charge in [-0.15, -0.1) is 0 Å². The van der Waals surface area contributed by atoms with Crippen LogP contribution in [0.5, 0.6) is 11.6 Å². The Balaban J connectivity index is 1.41. The van der Waals surface area contributed by atoms with E-state index in [0.717, 1.165) is 41.2 Å². The third-order valence-electron chi connectivity index (χ3n) is 4.87. The summed E-state index contributed by atoms with van der Waals surface area (Å²) in [5.74, 6) is 3.01. The van der Waals surface area contributed by atoms with Crippen molar-refractivity contribution in [3.05, 3.63) is 71.2 Å². The normalized spacial score (nSPS) is 11.3. The van der Waals surface area contributed by atoms with Crippen LogP contribution in [0, 0.1) is 0 Å². The van der Waals surface area contributed by atoms with Gasteiger partial charge >= 0.3 is 0 Å². The molecule has 0 fully saturated rings. The number of ether oxygens (including phenoxy) is 2. The van der Waals surface area contributed by atoms with E-state index in [2.05, 4.69) is 39.6 Å². The highest BCUT2D eigenvalue weighted by molar-refractivity contribution is 5.79. The maximum absolute atomic E-state index is 5.65. The number of hydrogen-bond donors (Lipinski definition) is 2. The molecular formula is C24H31N5O3. The lowest BCUT2D eigenvalue weighted by molar-refractivity contribution is 0.212. The van der Waals surface area contributed by atoms with Gasteiger partial charge in [0.1, 0.15) is 24.7 Å². The van der Waals surface area contributed by atoms with Gasteiger partial charge in [0.05, 0.1) is 5.69 Å². The SMILES string of the molecule is CCc1noc(CC)c1CNC(=NC)NCc1ccc(OCCOc2ccccc2)nc1. The minimum Gasteiger partial charge on any atom is -0.490 e. The first-order chi connectivity index (χ1) is 15.7. The van der Waals surface area contributed by atoms with Crippen molar-refractivity contribution in [2.45, 2.75) is 39.8 Å². The molecular weight excluding hydrogens is 406 g/mol. The van der Waals surface area contributed by atoms with Crippen LogP contribution in [0.3, 0.4) is 0 Å². The molecule has 3 rings (SSSR count). The first-order valence-electron chi connectivity index (χ1n) is 10.9. The second kappa shape index (κ2) is 12.3.